The Morgan fingerprint density at radius 3 is 2.50 bits per heavy atom. The number of aromatic nitrogens is 2. The maximum Gasteiger partial charge on any atom is 0.391 e. The zero-order valence-corrected chi connectivity index (χ0v) is 10.3. The third kappa shape index (κ3) is 3.25. The third-order valence-corrected chi connectivity index (χ3v) is 3.70. The molecule has 1 fully saturated rings. The summed E-state index contributed by atoms with van der Waals surface area (Å²) < 4.78 is 37.6. The average molecular weight is 261 g/mol. The van der Waals surface area contributed by atoms with Gasteiger partial charge in [-0.3, -0.25) is 5.10 Å². The maximum absolute atomic E-state index is 12.5. The summed E-state index contributed by atoms with van der Waals surface area (Å²) in [7, 11) is 0. The molecule has 3 nitrogen and oxygen atoms in total. The first-order valence-corrected chi connectivity index (χ1v) is 6.28. The highest BCUT2D eigenvalue weighted by atomic mass is 19.4. The highest BCUT2D eigenvalue weighted by Crippen LogP contribution is 2.37. The van der Waals surface area contributed by atoms with Gasteiger partial charge in [-0.25, -0.2) is 0 Å². The third-order valence-electron chi connectivity index (χ3n) is 3.70. The molecular formula is C12H18F3N3. The van der Waals surface area contributed by atoms with Crippen LogP contribution < -0.4 is 5.32 Å². The monoisotopic (exact) mass is 261 g/mol. The molecule has 18 heavy (non-hydrogen) atoms. The van der Waals surface area contributed by atoms with E-state index in [1.165, 1.54) is 0 Å². The van der Waals surface area contributed by atoms with Crippen LogP contribution in [-0.4, -0.2) is 22.4 Å². The standard InChI is InChI=1S/C12H18F3N3/c1-8(9-6-16-17-7-9)18-11-4-2-10(3-5-11)12(13,14)15/h6-8,10-11,18H,2-5H2,1H3,(H,16,17). The van der Waals surface area contributed by atoms with Crippen molar-refractivity contribution in [3.8, 4) is 0 Å². The minimum absolute atomic E-state index is 0.121. The largest absolute Gasteiger partial charge is 0.391 e. The van der Waals surface area contributed by atoms with Crippen LogP contribution in [0.4, 0.5) is 13.2 Å². The van der Waals surface area contributed by atoms with E-state index in [0.717, 1.165) is 5.56 Å². The Kier molecular flexibility index (Phi) is 3.94. The second-order valence-electron chi connectivity index (χ2n) is 5.01. The fourth-order valence-corrected chi connectivity index (χ4v) is 2.53. The fraction of sp³-hybridized carbons (Fsp3) is 0.750. The summed E-state index contributed by atoms with van der Waals surface area (Å²) >= 11 is 0. The summed E-state index contributed by atoms with van der Waals surface area (Å²) in [5.41, 5.74) is 1.04. The summed E-state index contributed by atoms with van der Waals surface area (Å²) in [5.74, 6) is -1.11. The SMILES string of the molecule is CC(NC1CCC(C(F)(F)F)CC1)c1cn[nH]c1. The van der Waals surface area contributed by atoms with Gasteiger partial charge in [0.05, 0.1) is 12.1 Å². The first-order valence-electron chi connectivity index (χ1n) is 6.28. The van der Waals surface area contributed by atoms with Crippen LogP contribution in [0.1, 0.15) is 44.2 Å². The van der Waals surface area contributed by atoms with Crippen LogP contribution in [0, 0.1) is 5.92 Å². The summed E-state index contributed by atoms with van der Waals surface area (Å²) in [6.07, 6.45) is 1.16. The number of aromatic amines is 1. The molecular weight excluding hydrogens is 243 g/mol. The van der Waals surface area contributed by atoms with Gasteiger partial charge in [0.15, 0.2) is 0 Å². The molecule has 1 unspecified atom stereocenters. The highest BCUT2D eigenvalue weighted by Gasteiger charge is 2.41. The van der Waals surface area contributed by atoms with E-state index >= 15 is 0 Å². The number of nitrogens with one attached hydrogen (secondary N) is 2. The van der Waals surface area contributed by atoms with E-state index < -0.39 is 12.1 Å². The fourth-order valence-electron chi connectivity index (χ4n) is 2.53. The molecule has 1 saturated carbocycles. The molecule has 0 saturated heterocycles. The Balaban J connectivity index is 1.80. The lowest BCUT2D eigenvalue weighted by Crippen LogP contribution is -2.38. The van der Waals surface area contributed by atoms with Gasteiger partial charge in [0.1, 0.15) is 0 Å². The maximum atomic E-state index is 12.5. The lowest BCUT2D eigenvalue weighted by molar-refractivity contribution is -0.182. The number of halogens is 3. The predicted octanol–water partition coefficient (Wildman–Crippen LogP) is 3.18. The molecule has 1 atom stereocenters. The number of alkyl halides is 3. The number of H-pyrrole nitrogens is 1. The van der Waals surface area contributed by atoms with Gasteiger partial charge in [-0.05, 0) is 32.6 Å². The van der Waals surface area contributed by atoms with Gasteiger partial charge in [0.25, 0.3) is 0 Å². The minimum atomic E-state index is -4.03. The van der Waals surface area contributed by atoms with E-state index in [1.807, 2.05) is 6.92 Å². The van der Waals surface area contributed by atoms with Crippen molar-refractivity contribution in [1.82, 2.24) is 15.5 Å². The molecule has 1 aromatic rings. The molecule has 102 valence electrons. The second-order valence-corrected chi connectivity index (χ2v) is 5.01. The molecule has 0 amide bonds. The van der Waals surface area contributed by atoms with E-state index in [2.05, 4.69) is 15.5 Å². The molecule has 1 aliphatic rings. The van der Waals surface area contributed by atoms with Crippen molar-refractivity contribution < 1.29 is 13.2 Å². The van der Waals surface area contributed by atoms with E-state index in [4.69, 9.17) is 0 Å². The normalized spacial score (nSPS) is 27.1. The number of nitrogens with zero attached hydrogens (tertiary/aromatic N) is 1. The first kappa shape index (κ1) is 13.4. The zero-order valence-electron chi connectivity index (χ0n) is 10.3. The predicted molar refractivity (Wildman–Crippen MR) is 61.9 cm³/mol. The van der Waals surface area contributed by atoms with Crippen LogP contribution in [0.15, 0.2) is 12.4 Å². The van der Waals surface area contributed by atoms with E-state index in [0.29, 0.717) is 12.8 Å². The molecule has 0 bridgehead atoms. The van der Waals surface area contributed by atoms with Crippen molar-refractivity contribution in [3.05, 3.63) is 18.0 Å². The van der Waals surface area contributed by atoms with Crippen LogP contribution in [0.2, 0.25) is 0 Å². The van der Waals surface area contributed by atoms with Crippen LogP contribution in [0.25, 0.3) is 0 Å². The van der Waals surface area contributed by atoms with Gasteiger partial charge in [0.2, 0.25) is 0 Å². The van der Waals surface area contributed by atoms with Gasteiger partial charge in [-0.15, -0.1) is 0 Å². The van der Waals surface area contributed by atoms with Crippen LogP contribution in [0.5, 0.6) is 0 Å². The summed E-state index contributed by atoms with van der Waals surface area (Å²) in [4.78, 5) is 0. The first-order chi connectivity index (χ1) is 8.47. The Bertz CT molecular complexity index is 353. The van der Waals surface area contributed by atoms with Gasteiger partial charge >= 0.3 is 6.18 Å². The molecule has 0 radical (unpaired) electrons. The van der Waals surface area contributed by atoms with E-state index in [9.17, 15) is 13.2 Å². The van der Waals surface area contributed by atoms with Crippen molar-refractivity contribution >= 4 is 0 Å². The molecule has 1 heterocycles. The molecule has 2 N–H and O–H groups in total. The van der Waals surface area contributed by atoms with Crippen molar-refractivity contribution in [2.24, 2.45) is 5.92 Å². The van der Waals surface area contributed by atoms with Crippen molar-refractivity contribution in [3.63, 3.8) is 0 Å². The summed E-state index contributed by atoms with van der Waals surface area (Å²) in [6.45, 7) is 2.00. The highest BCUT2D eigenvalue weighted by molar-refractivity contribution is 5.08. The van der Waals surface area contributed by atoms with Gasteiger partial charge in [-0.2, -0.15) is 18.3 Å². The van der Waals surface area contributed by atoms with Gasteiger partial charge in [-0.1, -0.05) is 0 Å². The lowest BCUT2D eigenvalue weighted by Gasteiger charge is -2.32. The Hall–Kier alpha value is -1.04. The van der Waals surface area contributed by atoms with E-state index in [1.54, 1.807) is 12.4 Å². The second kappa shape index (κ2) is 5.30. The zero-order chi connectivity index (χ0) is 13.2. The smallest absolute Gasteiger partial charge is 0.307 e. The topological polar surface area (TPSA) is 40.7 Å². The van der Waals surface area contributed by atoms with Crippen LogP contribution in [-0.2, 0) is 0 Å². The molecule has 1 aromatic heterocycles. The summed E-state index contributed by atoms with van der Waals surface area (Å²) in [5, 5.41) is 9.97. The number of rotatable bonds is 3. The lowest BCUT2D eigenvalue weighted by atomic mass is 9.85. The minimum Gasteiger partial charge on any atom is -0.307 e. The van der Waals surface area contributed by atoms with Crippen molar-refractivity contribution in [1.29, 1.82) is 0 Å². The Labute approximate surface area is 104 Å². The number of hydrogen-bond acceptors (Lipinski definition) is 2. The van der Waals surface area contributed by atoms with Crippen molar-refractivity contribution in [2.75, 3.05) is 0 Å². The van der Waals surface area contributed by atoms with E-state index in [-0.39, 0.29) is 24.9 Å². The van der Waals surface area contributed by atoms with Crippen molar-refractivity contribution in [2.45, 2.75) is 50.9 Å². The molecule has 0 aromatic carbocycles. The molecule has 6 heteroatoms. The quantitative estimate of drug-likeness (QED) is 0.877. The van der Waals surface area contributed by atoms with Gasteiger partial charge in [0, 0.05) is 23.8 Å². The Morgan fingerprint density at radius 2 is 2.00 bits per heavy atom. The van der Waals surface area contributed by atoms with Gasteiger partial charge < -0.3 is 5.32 Å². The Morgan fingerprint density at radius 1 is 1.33 bits per heavy atom. The average Bonchev–Trinajstić information content (AvgIpc) is 2.82. The summed E-state index contributed by atoms with van der Waals surface area (Å²) in [6, 6.07) is 0.296. The molecule has 1 aliphatic carbocycles. The number of hydrogen-bond donors (Lipinski definition) is 2. The molecule has 2 rings (SSSR count). The molecule has 0 spiro atoms. The van der Waals surface area contributed by atoms with Crippen LogP contribution in [0.3, 0.4) is 0 Å². The van der Waals surface area contributed by atoms with Crippen LogP contribution >= 0.6 is 0 Å². The molecule has 0 aliphatic heterocycles.